The molecule has 34 heavy (non-hydrogen) atoms. The smallest absolute Gasteiger partial charge is 0.291 e. The van der Waals surface area contributed by atoms with E-state index in [0.717, 1.165) is 56.0 Å². The number of fused-ring (bicyclic) bond motifs is 1. The molecule has 2 aromatic carbocycles. The number of nitrogens with one attached hydrogen (secondary N) is 2. The van der Waals surface area contributed by atoms with Gasteiger partial charge in [0, 0.05) is 43.8 Å². The van der Waals surface area contributed by atoms with Crippen LogP contribution in [0.25, 0.3) is 11.0 Å². The molecule has 4 rings (SSSR count). The average Bonchev–Trinajstić information content (AvgIpc) is 3.28. The van der Waals surface area contributed by atoms with Gasteiger partial charge in [-0.3, -0.25) is 9.69 Å². The molecular weight excluding hydrogens is 430 g/mol. The van der Waals surface area contributed by atoms with Gasteiger partial charge in [0.1, 0.15) is 0 Å². The summed E-state index contributed by atoms with van der Waals surface area (Å²) in [5.74, 6) is 0.586. The van der Waals surface area contributed by atoms with Crippen molar-refractivity contribution in [2.45, 2.75) is 32.7 Å². The average molecular weight is 466 g/mol. The first-order valence-electron chi connectivity index (χ1n) is 11.9. The van der Waals surface area contributed by atoms with Crippen molar-refractivity contribution in [2.24, 2.45) is 0 Å². The van der Waals surface area contributed by atoms with E-state index in [1.807, 2.05) is 36.4 Å². The minimum absolute atomic E-state index is 0.0600. The molecule has 0 radical (unpaired) electrons. The number of anilines is 1. The van der Waals surface area contributed by atoms with Crippen molar-refractivity contribution in [3.63, 3.8) is 0 Å². The number of hydrogen-bond acceptors (Lipinski definition) is 6. The molecule has 1 aromatic heterocycles. The first kappa shape index (κ1) is 24.3. The summed E-state index contributed by atoms with van der Waals surface area (Å²) in [5, 5.41) is 7.33. The molecule has 2 N–H and O–H groups in total. The van der Waals surface area contributed by atoms with E-state index in [1.54, 1.807) is 13.2 Å². The zero-order valence-corrected chi connectivity index (χ0v) is 20.6. The lowest BCUT2D eigenvalue weighted by atomic mass is 9.87. The lowest BCUT2D eigenvalue weighted by molar-refractivity contribution is 0.0384. The third kappa shape index (κ3) is 5.78. The summed E-state index contributed by atoms with van der Waals surface area (Å²) < 4.78 is 16.8. The fourth-order valence-electron chi connectivity index (χ4n) is 4.11. The van der Waals surface area contributed by atoms with Crippen LogP contribution in [0.5, 0.6) is 5.75 Å². The number of carbonyl (C=O) groups excluding carboxylic acids is 1. The highest BCUT2D eigenvalue weighted by atomic mass is 16.5. The molecule has 0 saturated carbocycles. The highest BCUT2D eigenvalue weighted by molar-refractivity contribution is 6.05. The van der Waals surface area contributed by atoms with Crippen molar-refractivity contribution < 1.29 is 18.7 Å². The van der Waals surface area contributed by atoms with Gasteiger partial charge in [-0.2, -0.15) is 0 Å². The number of amides is 1. The van der Waals surface area contributed by atoms with E-state index in [1.165, 1.54) is 5.56 Å². The van der Waals surface area contributed by atoms with E-state index in [0.29, 0.717) is 17.9 Å². The molecule has 7 nitrogen and oxygen atoms in total. The fraction of sp³-hybridized carbons (Fsp3) is 0.444. The SMILES string of the molecule is COc1ccc(CNCCN2CCOCC2)c2cc(C(=O)Nc3ccc(C(C)(C)C)cc3)oc12. The number of ether oxygens (including phenoxy) is 2. The summed E-state index contributed by atoms with van der Waals surface area (Å²) in [6.45, 7) is 12.6. The summed E-state index contributed by atoms with van der Waals surface area (Å²) >= 11 is 0. The second-order valence-electron chi connectivity index (χ2n) is 9.69. The van der Waals surface area contributed by atoms with Crippen LogP contribution < -0.4 is 15.4 Å². The molecule has 1 amide bonds. The number of carbonyl (C=O) groups is 1. The Bertz CT molecular complexity index is 1110. The molecule has 0 bridgehead atoms. The van der Waals surface area contributed by atoms with Crippen molar-refractivity contribution in [1.29, 1.82) is 0 Å². The zero-order chi connectivity index (χ0) is 24.1. The molecule has 3 aromatic rings. The molecule has 182 valence electrons. The first-order valence-corrected chi connectivity index (χ1v) is 11.9. The van der Waals surface area contributed by atoms with Gasteiger partial charge >= 0.3 is 0 Å². The monoisotopic (exact) mass is 465 g/mol. The summed E-state index contributed by atoms with van der Waals surface area (Å²) in [6, 6.07) is 13.6. The summed E-state index contributed by atoms with van der Waals surface area (Å²) in [6.07, 6.45) is 0. The largest absolute Gasteiger partial charge is 0.493 e. The number of furan rings is 1. The van der Waals surface area contributed by atoms with Crippen LogP contribution in [0.15, 0.2) is 46.9 Å². The van der Waals surface area contributed by atoms with Crippen molar-refractivity contribution in [1.82, 2.24) is 10.2 Å². The van der Waals surface area contributed by atoms with Crippen molar-refractivity contribution >= 4 is 22.6 Å². The van der Waals surface area contributed by atoms with Gasteiger partial charge in [-0.1, -0.05) is 39.0 Å². The van der Waals surface area contributed by atoms with Crippen LogP contribution in [-0.4, -0.2) is 57.3 Å². The minimum atomic E-state index is -0.284. The molecule has 1 saturated heterocycles. The summed E-state index contributed by atoms with van der Waals surface area (Å²) in [5.41, 5.74) is 3.66. The molecule has 0 unspecified atom stereocenters. The van der Waals surface area contributed by atoms with E-state index in [9.17, 15) is 4.79 Å². The minimum Gasteiger partial charge on any atom is -0.493 e. The van der Waals surface area contributed by atoms with Crippen molar-refractivity contribution in [3.8, 4) is 5.75 Å². The number of methoxy groups -OCH3 is 1. The van der Waals surface area contributed by atoms with Crippen LogP contribution >= 0.6 is 0 Å². The van der Waals surface area contributed by atoms with Gasteiger partial charge in [0.25, 0.3) is 5.91 Å². The van der Waals surface area contributed by atoms with Crippen LogP contribution in [-0.2, 0) is 16.7 Å². The van der Waals surface area contributed by atoms with E-state index in [4.69, 9.17) is 13.9 Å². The Labute approximate surface area is 201 Å². The molecule has 7 heteroatoms. The Balaban J connectivity index is 1.45. The topological polar surface area (TPSA) is 76.0 Å². The number of benzene rings is 2. The summed E-state index contributed by atoms with van der Waals surface area (Å²) in [7, 11) is 1.61. The molecular formula is C27H35N3O4. The van der Waals surface area contributed by atoms with Crippen LogP contribution in [0.4, 0.5) is 5.69 Å². The van der Waals surface area contributed by atoms with Gasteiger partial charge in [-0.25, -0.2) is 0 Å². The Morgan fingerprint density at radius 3 is 2.50 bits per heavy atom. The first-order chi connectivity index (χ1) is 16.3. The standard InChI is InChI=1S/C27H35N3O4/c1-27(2,3)20-6-8-21(9-7-20)29-26(31)24-17-22-19(5-10-23(32-4)25(22)34-24)18-28-11-12-30-13-15-33-16-14-30/h5-10,17,28H,11-16,18H2,1-4H3,(H,29,31). The van der Waals surface area contributed by atoms with E-state index >= 15 is 0 Å². The summed E-state index contributed by atoms with van der Waals surface area (Å²) in [4.78, 5) is 15.3. The molecule has 1 aliphatic heterocycles. The predicted molar refractivity (Wildman–Crippen MR) is 135 cm³/mol. The highest BCUT2D eigenvalue weighted by Crippen LogP contribution is 2.32. The maximum absolute atomic E-state index is 12.9. The van der Waals surface area contributed by atoms with Gasteiger partial charge in [0.15, 0.2) is 17.1 Å². The van der Waals surface area contributed by atoms with Gasteiger partial charge in [0.2, 0.25) is 0 Å². The van der Waals surface area contributed by atoms with Crippen LogP contribution in [0.1, 0.15) is 42.5 Å². The molecule has 1 fully saturated rings. The highest BCUT2D eigenvalue weighted by Gasteiger charge is 2.19. The molecule has 0 aliphatic carbocycles. The van der Waals surface area contributed by atoms with Crippen LogP contribution in [0, 0.1) is 0 Å². The number of hydrogen-bond donors (Lipinski definition) is 2. The van der Waals surface area contributed by atoms with Crippen molar-refractivity contribution in [2.75, 3.05) is 51.8 Å². The lowest BCUT2D eigenvalue weighted by Gasteiger charge is -2.26. The zero-order valence-electron chi connectivity index (χ0n) is 20.6. The number of nitrogens with zero attached hydrogens (tertiary/aromatic N) is 1. The van der Waals surface area contributed by atoms with Gasteiger partial charge in [-0.05, 0) is 40.8 Å². The maximum Gasteiger partial charge on any atom is 0.291 e. The van der Waals surface area contributed by atoms with Gasteiger partial charge < -0.3 is 24.5 Å². The Morgan fingerprint density at radius 2 is 1.82 bits per heavy atom. The number of rotatable bonds is 8. The quantitative estimate of drug-likeness (QED) is 0.480. The normalized spacial score (nSPS) is 14.9. The molecule has 2 heterocycles. The van der Waals surface area contributed by atoms with Gasteiger partial charge in [0.05, 0.1) is 20.3 Å². The second kappa shape index (κ2) is 10.6. The Hall–Kier alpha value is -2.87. The molecule has 0 atom stereocenters. The Morgan fingerprint density at radius 1 is 1.09 bits per heavy atom. The third-order valence-electron chi connectivity index (χ3n) is 6.21. The third-order valence-corrected chi connectivity index (χ3v) is 6.21. The number of morpholine rings is 1. The van der Waals surface area contributed by atoms with E-state index in [-0.39, 0.29) is 17.1 Å². The molecule has 0 spiro atoms. The fourth-order valence-corrected chi connectivity index (χ4v) is 4.11. The molecule has 1 aliphatic rings. The second-order valence-corrected chi connectivity index (χ2v) is 9.69. The van der Waals surface area contributed by atoms with Gasteiger partial charge in [-0.15, -0.1) is 0 Å². The Kier molecular flexibility index (Phi) is 7.56. The van der Waals surface area contributed by atoms with Crippen molar-refractivity contribution in [3.05, 3.63) is 59.4 Å². The van der Waals surface area contributed by atoms with E-state index < -0.39 is 0 Å². The van der Waals surface area contributed by atoms with E-state index in [2.05, 4.69) is 36.3 Å². The van der Waals surface area contributed by atoms with Crippen LogP contribution in [0.3, 0.4) is 0 Å². The lowest BCUT2D eigenvalue weighted by Crippen LogP contribution is -2.40. The maximum atomic E-state index is 12.9. The predicted octanol–water partition coefficient (Wildman–Crippen LogP) is 4.41. The van der Waals surface area contributed by atoms with Crippen LogP contribution in [0.2, 0.25) is 0 Å².